The smallest absolute Gasteiger partial charge is 0.407 e. The van der Waals surface area contributed by atoms with Crippen molar-refractivity contribution in [3.63, 3.8) is 0 Å². The van der Waals surface area contributed by atoms with Gasteiger partial charge >= 0.3 is 11.8 Å². The number of alkyl carbamates (subject to hydrolysis) is 1. The van der Waals surface area contributed by atoms with Crippen LogP contribution in [0.5, 0.6) is 0 Å². The molecule has 0 saturated carbocycles. The zero-order valence-corrected chi connectivity index (χ0v) is 17.4. The lowest BCUT2D eigenvalue weighted by Crippen LogP contribution is -2.33. The van der Waals surface area contributed by atoms with E-state index in [1.807, 2.05) is 24.5 Å². The van der Waals surface area contributed by atoms with Crippen LogP contribution in [0.4, 0.5) is 4.79 Å². The maximum absolute atomic E-state index is 12.4. The number of nitrogens with one attached hydrogen (secondary N) is 2. The molecular weight excluding hydrogens is 362 g/mol. The molecule has 0 radical (unpaired) electrons. The summed E-state index contributed by atoms with van der Waals surface area (Å²) in [5.41, 5.74) is 0.337. The van der Waals surface area contributed by atoms with Crippen molar-refractivity contribution < 1.29 is 9.53 Å². The largest absolute Gasteiger partial charge is 0.444 e. The molecule has 0 atom stereocenters. The second-order valence-corrected chi connectivity index (χ2v) is 7.94. The molecule has 9 nitrogen and oxygen atoms in total. The van der Waals surface area contributed by atoms with E-state index in [-0.39, 0.29) is 0 Å². The quantitative estimate of drug-likeness (QED) is 0.577. The van der Waals surface area contributed by atoms with Gasteiger partial charge in [-0.2, -0.15) is 0 Å². The molecule has 0 aromatic carbocycles. The molecular formula is C19H29N5O4. The van der Waals surface area contributed by atoms with Crippen LogP contribution in [0, 0.1) is 0 Å². The molecule has 0 saturated heterocycles. The number of fused-ring (bicyclic) bond motifs is 1. The maximum atomic E-state index is 12.4. The van der Waals surface area contributed by atoms with Crippen LogP contribution in [0.3, 0.4) is 0 Å². The topological polar surface area (TPSA) is 111 Å². The van der Waals surface area contributed by atoms with E-state index < -0.39 is 22.9 Å². The Hall–Kier alpha value is -2.84. The first kappa shape index (κ1) is 21.5. The average Bonchev–Trinajstić information content (AvgIpc) is 2.92. The van der Waals surface area contributed by atoms with Crippen molar-refractivity contribution in [2.75, 3.05) is 6.54 Å². The lowest BCUT2D eigenvalue weighted by Gasteiger charge is -2.19. The van der Waals surface area contributed by atoms with E-state index in [0.717, 1.165) is 5.57 Å². The number of aromatic amines is 1. The third-order valence-electron chi connectivity index (χ3n) is 4.01. The first-order valence-corrected chi connectivity index (χ1v) is 9.28. The van der Waals surface area contributed by atoms with Gasteiger partial charge in [-0.25, -0.2) is 14.6 Å². The summed E-state index contributed by atoms with van der Waals surface area (Å²) in [5.74, 6) is 0.685. The number of carbonyl (C=O) groups excluding carboxylic acids is 1. The van der Waals surface area contributed by atoms with Gasteiger partial charge in [-0.3, -0.25) is 14.3 Å². The van der Waals surface area contributed by atoms with Crippen molar-refractivity contribution in [2.45, 2.75) is 59.6 Å². The number of hydrogen-bond acceptors (Lipinski definition) is 5. The van der Waals surface area contributed by atoms with Crippen molar-refractivity contribution in [3.8, 4) is 0 Å². The number of hydrogen-bond donors (Lipinski definition) is 2. The van der Waals surface area contributed by atoms with E-state index >= 15 is 0 Å². The summed E-state index contributed by atoms with van der Waals surface area (Å²) in [6.07, 6.45) is 2.68. The first-order chi connectivity index (χ1) is 13.0. The minimum absolute atomic E-state index is 0.353. The van der Waals surface area contributed by atoms with Gasteiger partial charge in [0.15, 0.2) is 11.2 Å². The lowest BCUT2D eigenvalue weighted by molar-refractivity contribution is 0.0527. The third kappa shape index (κ3) is 5.34. The van der Waals surface area contributed by atoms with Crippen molar-refractivity contribution in [1.29, 1.82) is 0 Å². The molecule has 0 fully saturated rings. The van der Waals surface area contributed by atoms with Crippen molar-refractivity contribution in [3.05, 3.63) is 38.3 Å². The molecule has 2 heterocycles. The van der Waals surface area contributed by atoms with Crippen molar-refractivity contribution >= 4 is 17.3 Å². The number of aromatic nitrogens is 4. The number of amides is 1. The molecule has 0 aliphatic heterocycles. The molecule has 1 amide bonds. The van der Waals surface area contributed by atoms with E-state index in [1.165, 1.54) is 4.57 Å². The van der Waals surface area contributed by atoms with Crippen LogP contribution >= 0.6 is 0 Å². The minimum Gasteiger partial charge on any atom is -0.444 e. The normalized spacial score (nSPS) is 11.5. The van der Waals surface area contributed by atoms with Gasteiger partial charge in [0.2, 0.25) is 0 Å². The van der Waals surface area contributed by atoms with Crippen LogP contribution in [0.15, 0.2) is 21.2 Å². The van der Waals surface area contributed by atoms with E-state index in [0.29, 0.717) is 42.9 Å². The fourth-order valence-corrected chi connectivity index (χ4v) is 2.69. The summed E-state index contributed by atoms with van der Waals surface area (Å²) in [6, 6.07) is 0. The zero-order valence-electron chi connectivity index (χ0n) is 17.4. The molecule has 0 bridgehead atoms. The van der Waals surface area contributed by atoms with Crippen LogP contribution in [0.25, 0.3) is 11.2 Å². The number of H-pyrrole nitrogens is 1. The Labute approximate surface area is 163 Å². The highest BCUT2D eigenvalue weighted by Crippen LogP contribution is 2.13. The standard InChI is InChI=1S/C19H29N5O4/c1-12(2)9-11-24-13(8-7-10-20-18(27)28-19(3,4)5)21-15-14(24)16(25)22-17(26)23(15)6/h9H,7-8,10-11H2,1-6H3,(H,20,27)(H,22,25,26). The number of rotatable bonds is 6. The number of carbonyl (C=O) groups is 1. The number of imidazole rings is 1. The van der Waals surface area contributed by atoms with Crippen molar-refractivity contribution in [2.24, 2.45) is 7.05 Å². The Morgan fingerprint density at radius 3 is 2.57 bits per heavy atom. The van der Waals surface area contributed by atoms with E-state index in [9.17, 15) is 14.4 Å². The second-order valence-electron chi connectivity index (χ2n) is 7.94. The fourth-order valence-electron chi connectivity index (χ4n) is 2.69. The minimum atomic E-state index is -0.547. The molecule has 0 unspecified atom stereocenters. The summed E-state index contributed by atoms with van der Waals surface area (Å²) in [5, 5.41) is 2.71. The number of aryl methyl sites for hydroxylation is 2. The summed E-state index contributed by atoms with van der Waals surface area (Å²) >= 11 is 0. The predicted molar refractivity (Wildman–Crippen MR) is 108 cm³/mol. The van der Waals surface area contributed by atoms with Crippen molar-refractivity contribution in [1.82, 2.24) is 24.4 Å². The monoisotopic (exact) mass is 391 g/mol. The Morgan fingerprint density at radius 2 is 1.96 bits per heavy atom. The van der Waals surface area contributed by atoms with Crippen LogP contribution in [0.1, 0.15) is 46.9 Å². The van der Waals surface area contributed by atoms with E-state index in [4.69, 9.17) is 4.74 Å². The molecule has 0 aliphatic rings. The summed E-state index contributed by atoms with van der Waals surface area (Å²) in [4.78, 5) is 42.8. The van der Waals surface area contributed by atoms with Crippen LogP contribution < -0.4 is 16.6 Å². The average molecular weight is 391 g/mol. The van der Waals surface area contributed by atoms with Gasteiger partial charge in [0.1, 0.15) is 11.4 Å². The van der Waals surface area contributed by atoms with Gasteiger partial charge in [0.05, 0.1) is 0 Å². The van der Waals surface area contributed by atoms with Gasteiger partial charge in [-0.15, -0.1) is 0 Å². The fraction of sp³-hybridized carbons (Fsp3) is 0.579. The highest BCUT2D eigenvalue weighted by atomic mass is 16.6. The molecule has 2 rings (SSSR count). The van der Waals surface area contributed by atoms with Gasteiger partial charge in [0.25, 0.3) is 5.56 Å². The maximum Gasteiger partial charge on any atom is 0.407 e. The lowest BCUT2D eigenvalue weighted by atomic mass is 10.2. The SMILES string of the molecule is CC(C)=CCn1c(CCCNC(=O)OC(C)(C)C)nc2c1c(=O)[nH]c(=O)n2C. The third-order valence-corrected chi connectivity index (χ3v) is 4.01. The first-order valence-electron chi connectivity index (χ1n) is 9.28. The van der Waals surface area contributed by atoms with E-state index in [2.05, 4.69) is 15.3 Å². The number of allylic oxidation sites excluding steroid dienone is 2. The molecule has 2 aromatic heterocycles. The predicted octanol–water partition coefficient (Wildman–Crippen LogP) is 1.85. The molecule has 2 N–H and O–H groups in total. The molecule has 28 heavy (non-hydrogen) atoms. The second kappa shape index (κ2) is 8.45. The van der Waals surface area contributed by atoms with Crippen LogP contribution in [-0.4, -0.2) is 37.3 Å². The molecule has 0 spiro atoms. The highest BCUT2D eigenvalue weighted by Gasteiger charge is 2.18. The number of nitrogens with zero attached hydrogens (tertiary/aromatic N) is 3. The number of ether oxygens (including phenoxy) is 1. The highest BCUT2D eigenvalue weighted by molar-refractivity contribution is 5.71. The molecule has 154 valence electrons. The summed E-state index contributed by atoms with van der Waals surface area (Å²) < 4.78 is 8.35. The van der Waals surface area contributed by atoms with Gasteiger partial charge in [-0.05, 0) is 41.0 Å². The van der Waals surface area contributed by atoms with Crippen LogP contribution in [0.2, 0.25) is 0 Å². The van der Waals surface area contributed by atoms with Crippen LogP contribution in [-0.2, 0) is 24.8 Å². The Kier molecular flexibility index (Phi) is 6.48. The Bertz CT molecular complexity index is 1000. The summed E-state index contributed by atoms with van der Waals surface area (Å²) in [7, 11) is 1.58. The molecule has 9 heteroatoms. The zero-order chi connectivity index (χ0) is 21.1. The van der Waals surface area contributed by atoms with Gasteiger partial charge in [-0.1, -0.05) is 11.6 Å². The Morgan fingerprint density at radius 1 is 1.29 bits per heavy atom. The van der Waals surface area contributed by atoms with Gasteiger partial charge in [0, 0.05) is 26.6 Å². The molecule has 0 aliphatic carbocycles. The molecule has 2 aromatic rings. The van der Waals surface area contributed by atoms with E-state index in [1.54, 1.807) is 27.8 Å². The summed E-state index contributed by atoms with van der Waals surface area (Å²) in [6.45, 7) is 10.3. The van der Waals surface area contributed by atoms with Gasteiger partial charge < -0.3 is 14.6 Å². The Balaban J connectivity index is 2.22.